The first-order chi connectivity index (χ1) is 13.6. The number of hydrogen-bond acceptors (Lipinski definition) is 4. The van der Waals surface area contributed by atoms with Crippen LogP contribution in [0, 0.1) is 6.92 Å². The summed E-state index contributed by atoms with van der Waals surface area (Å²) in [5.41, 5.74) is 2.83. The minimum absolute atomic E-state index is 0.0825. The lowest BCUT2D eigenvalue weighted by Crippen LogP contribution is -2.24. The Balaban J connectivity index is 1.46. The van der Waals surface area contributed by atoms with Gasteiger partial charge < -0.3 is 9.26 Å². The highest BCUT2D eigenvalue weighted by atomic mass is 35.5. The van der Waals surface area contributed by atoms with Gasteiger partial charge in [0.25, 0.3) is 0 Å². The molecule has 1 aromatic heterocycles. The Hall–Kier alpha value is -2.59. The first kappa shape index (κ1) is 18.8. The molecule has 5 heteroatoms. The van der Waals surface area contributed by atoms with Crippen LogP contribution in [0.25, 0.3) is 11.3 Å². The molecule has 4 nitrogen and oxygen atoms in total. The number of aromatic nitrogens is 1. The largest absolute Gasteiger partial charge is 0.459 e. The van der Waals surface area contributed by atoms with E-state index in [2.05, 4.69) is 29.4 Å². The predicted molar refractivity (Wildman–Crippen MR) is 109 cm³/mol. The van der Waals surface area contributed by atoms with E-state index in [0.29, 0.717) is 33.5 Å². The number of aryl methyl sites for hydroxylation is 1. The summed E-state index contributed by atoms with van der Waals surface area (Å²) in [4.78, 5) is 12.9. The van der Waals surface area contributed by atoms with Gasteiger partial charge in [0, 0.05) is 5.56 Å². The second-order valence-corrected chi connectivity index (χ2v) is 7.64. The molecule has 28 heavy (non-hydrogen) atoms. The monoisotopic (exact) mass is 395 g/mol. The van der Waals surface area contributed by atoms with Crippen molar-refractivity contribution in [1.82, 2.24) is 5.16 Å². The van der Waals surface area contributed by atoms with Gasteiger partial charge >= 0.3 is 5.97 Å². The van der Waals surface area contributed by atoms with Crippen LogP contribution in [0.3, 0.4) is 0 Å². The Bertz CT molecular complexity index is 959. The highest BCUT2D eigenvalue weighted by Crippen LogP contribution is 2.35. The molecule has 0 N–H and O–H groups in total. The van der Waals surface area contributed by atoms with Crippen LogP contribution < -0.4 is 0 Å². The number of benzene rings is 2. The van der Waals surface area contributed by atoms with Crippen LogP contribution in [0.5, 0.6) is 0 Å². The van der Waals surface area contributed by atoms with E-state index >= 15 is 0 Å². The van der Waals surface area contributed by atoms with Crippen LogP contribution in [-0.2, 0) is 4.74 Å². The van der Waals surface area contributed by atoms with E-state index in [9.17, 15) is 4.79 Å². The molecule has 1 saturated carbocycles. The fourth-order valence-corrected chi connectivity index (χ4v) is 4.12. The van der Waals surface area contributed by atoms with Crippen molar-refractivity contribution in [2.45, 2.75) is 44.6 Å². The molecular formula is C23H22ClNO3. The third kappa shape index (κ3) is 3.83. The Morgan fingerprint density at radius 1 is 1.04 bits per heavy atom. The number of carbonyl (C=O) groups excluding carboxylic acids is 1. The topological polar surface area (TPSA) is 52.3 Å². The van der Waals surface area contributed by atoms with Gasteiger partial charge in [-0.15, -0.1) is 0 Å². The van der Waals surface area contributed by atoms with Crippen LogP contribution >= 0.6 is 11.6 Å². The van der Waals surface area contributed by atoms with Gasteiger partial charge in [0.15, 0.2) is 0 Å². The number of esters is 1. The summed E-state index contributed by atoms with van der Waals surface area (Å²) in [6.07, 6.45) is 3.67. The molecule has 0 amide bonds. The first-order valence-corrected chi connectivity index (χ1v) is 9.98. The van der Waals surface area contributed by atoms with Gasteiger partial charge in [0.2, 0.25) is 0 Å². The quantitative estimate of drug-likeness (QED) is 0.494. The maximum absolute atomic E-state index is 12.9. The van der Waals surface area contributed by atoms with E-state index in [1.807, 2.05) is 24.3 Å². The van der Waals surface area contributed by atoms with Crippen LogP contribution in [-0.4, -0.2) is 17.2 Å². The predicted octanol–water partition coefficient (Wildman–Crippen LogP) is 6.19. The molecule has 0 aliphatic heterocycles. The zero-order chi connectivity index (χ0) is 19.5. The molecule has 1 aliphatic rings. The minimum Gasteiger partial charge on any atom is -0.459 e. The standard InChI is InChI=1S/C23H22ClNO3/c1-15-21(22(25-28-15)19-9-5-6-10-20(19)24)23(26)27-18-13-11-17(12-14-18)16-7-3-2-4-8-16/h2-10,17-18H,11-14H2,1H3. The van der Waals surface area contributed by atoms with Gasteiger partial charge in [-0.2, -0.15) is 0 Å². The molecule has 0 unspecified atom stereocenters. The maximum Gasteiger partial charge on any atom is 0.344 e. The fourth-order valence-electron chi connectivity index (χ4n) is 3.90. The van der Waals surface area contributed by atoms with Crippen molar-refractivity contribution in [1.29, 1.82) is 0 Å². The summed E-state index contributed by atoms with van der Waals surface area (Å²) in [5.74, 6) is 0.585. The van der Waals surface area contributed by atoms with Crippen LogP contribution in [0.2, 0.25) is 5.02 Å². The summed E-state index contributed by atoms with van der Waals surface area (Å²) in [6, 6.07) is 17.8. The zero-order valence-electron chi connectivity index (χ0n) is 15.7. The Labute approximate surface area is 169 Å². The summed E-state index contributed by atoms with van der Waals surface area (Å²) in [7, 11) is 0. The first-order valence-electron chi connectivity index (χ1n) is 9.60. The van der Waals surface area contributed by atoms with Gasteiger partial charge in [-0.1, -0.05) is 65.3 Å². The van der Waals surface area contributed by atoms with Crippen molar-refractivity contribution >= 4 is 17.6 Å². The minimum atomic E-state index is -0.392. The Kier molecular flexibility index (Phi) is 5.49. The molecular weight excluding hydrogens is 374 g/mol. The van der Waals surface area contributed by atoms with Gasteiger partial charge in [0.1, 0.15) is 23.1 Å². The molecule has 2 aromatic carbocycles. The summed E-state index contributed by atoms with van der Waals surface area (Å²) < 4.78 is 11.1. The fraction of sp³-hybridized carbons (Fsp3) is 0.304. The van der Waals surface area contributed by atoms with Crippen molar-refractivity contribution in [2.24, 2.45) is 0 Å². The highest BCUT2D eigenvalue weighted by Gasteiger charge is 2.29. The van der Waals surface area contributed by atoms with Crippen molar-refractivity contribution < 1.29 is 14.1 Å². The maximum atomic E-state index is 12.9. The van der Waals surface area contributed by atoms with Crippen molar-refractivity contribution in [3.8, 4) is 11.3 Å². The van der Waals surface area contributed by atoms with E-state index < -0.39 is 5.97 Å². The average Bonchev–Trinajstić information content (AvgIpc) is 3.11. The molecule has 3 aromatic rings. The molecule has 1 fully saturated rings. The molecule has 0 atom stereocenters. The Morgan fingerprint density at radius 2 is 1.71 bits per heavy atom. The van der Waals surface area contributed by atoms with E-state index in [1.165, 1.54) is 5.56 Å². The average molecular weight is 396 g/mol. The lowest BCUT2D eigenvalue weighted by atomic mass is 9.83. The van der Waals surface area contributed by atoms with Gasteiger partial charge in [0.05, 0.1) is 5.02 Å². The van der Waals surface area contributed by atoms with E-state index in [-0.39, 0.29) is 6.10 Å². The molecule has 1 heterocycles. The molecule has 0 bridgehead atoms. The van der Waals surface area contributed by atoms with E-state index in [1.54, 1.807) is 13.0 Å². The summed E-state index contributed by atoms with van der Waals surface area (Å²) >= 11 is 6.28. The number of carbonyl (C=O) groups is 1. The second kappa shape index (κ2) is 8.19. The van der Waals surface area contributed by atoms with E-state index in [4.69, 9.17) is 20.9 Å². The van der Waals surface area contributed by atoms with Crippen LogP contribution in [0.4, 0.5) is 0 Å². The summed E-state index contributed by atoms with van der Waals surface area (Å²) in [6.45, 7) is 1.72. The molecule has 1 aliphatic carbocycles. The zero-order valence-corrected chi connectivity index (χ0v) is 16.5. The Morgan fingerprint density at radius 3 is 2.43 bits per heavy atom. The van der Waals surface area contributed by atoms with Crippen LogP contribution in [0.15, 0.2) is 59.1 Å². The second-order valence-electron chi connectivity index (χ2n) is 7.23. The lowest BCUT2D eigenvalue weighted by Gasteiger charge is -2.28. The highest BCUT2D eigenvalue weighted by molar-refractivity contribution is 6.33. The number of hydrogen-bond donors (Lipinski definition) is 0. The normalized spacial score (nSPS) is 19.4. The number of halogens is 1. The molecule has 144 valence electrons. The summed E-state index contributed by atoms with van der Waals surface area (Å²) in [5, 5.41) is 4.57. The number of nitrogens with zero attached hydrogens (tertiary/aromatic N) is 1. The SMILES string of the molecule is Cc1onc(-c2ccccc2Cl)c1C(=O)OC1CCC(c2ccccc2)CC1. The van der Waals surface area contributed by atoms with E-state index in [0.717, 1.165) is 25.7 Å². The molecule has 0 radical (unpaired) electrons. The van der Waals surface area contributed by atoms with Gasteiger partial charge in [-0.3, -0.25) is 0 Å². The van der Waals surface area contributed by atoms with Gasteiger partial charge in [-0.25, -0.2) is 4.79 Å². The number of ether oxygens (including phenoxy) is 1. The lowest BCUT2D eigenvalue weighted by molar-refractivity contribution is 0.0194. The van der Waals surface area contributed by atoms with Crippen molar-refractivity contribution in [3.05, 3.63) is 76.5 Å². The number of rotatable bonds is 4. The molecule has 4 rings (SSSR count). The smallest absolute Gasteiger partial charge is 0.344 e. The molecule has 0 saturated heterocycles. The van der Waals surface area contributed by atoms with Crippen molar-refractivity contribution in [2.75, 3.05) is 0 Å². The van der Waals surface area contributed by atoms with Crippen LogP contribution in [0.1, 0.15) is 53.3 Å². The van der Waals surface area contributed by atoms with Gasteiger partial charge in [-0.05, 0) is 50.2 Å². The van der Waals surface area contributed by atoms with Crippen molar-refractivity contribution in [3.63, 3.8) is 0 Å². The molecule has 0 spiro atoms. The third-order valence-corrected chi connectivity index (χ3v) is 5.74. The third-order valence-electron chi connectivity index (χ3n) is 5.41.